The zero-order valence-corrected chi connectivity index (χ0v) is 12.3. The lowest BCUT2D eigenvalue weighted by molar-refractivity contribution is 0.423. The maximum atomic E-state index is 8.35. The Labute approximate surface area is 123 Å². The number of isocyanates is 3. The molecule has 0 spiro atoms. The van der Waals surface area contributed by atoms with Gasteiger partial charge in [0.2, 0.25) is 18.2 Å². The zero-order chi connectivity index (χ0) is 17.1. The standard InChI is InChI=1S/3C3H6O.3CHNO/c3*1-3-2-4-3;3*2-1-3/h3*3H,2H2,1H3;3*2H. The fourth-order valence-electron chi connectivity index (χ4n) is 0.289. The number of rotatable bonds is 0. The second-order valence-corrected chi connectivity index (χ2v) is 3.74. The minimum Gasteiger partial charge on any atom is -0.373 e. The van der Waals surface area contributed by atoms with Crippen molar-refractivity contribution in [2.24, 2.45) is 0 Å². The highest BCUT2D eigenvalue weighted by Gasteiger charge is 2.13. The van der Waals surface area contributed by atoms with Gasteiger partial charge in [0.15, 0.2) is 0 Å². The average molecular weight is 303 g/mol. The molecule has 0 aromatic heterocycles. The number of epoxide rings is 3. The Bertz CT molecular complexity index is 268. The van der Waals surface area contributed by atoms with Crippen molar-refractivity contribution in [2.75, 3.05) is 19.8 Å². The molecule has 0 radical (unpaired) electrons. The van der Waals surface area contributed by atoms with Gasteiger partial charge in [0.05, 0.1) is 38.1 Å². The average Bonchev–Trinajstić information content (AvgIpc) is 3.19. The van der Waals surface area contributed by atoms with Crippen molar-refractivity contribution in [1.82, 2.24) is 0 Å². The minimum absolute atomic E-state index is 0.583. The van der Waals surface area contributed by atoms with Gasteiger partial charge in [0.1, 0.15) is 0 Å². The predicted molar refractivity (Wildman–Crippen MR) is 71.5 cm³/mol. The van der Waals surface area contributed by atoms with Crippen LogP contribution in [0.4, 0.5) is 0 Å². The van der Waals surface area contributed by atoms with Crippen LogP contribution in [-0.2, 0) is 28.6 Å². The second-order valence-electron chi connectivity index (χ2n) is 3.74. The Hall–Kier alpha value is -1.98. The molecule has 0 saturated carbocycles. The fraction of sp³-hybridized carbons (Fsp3) is 0.750. The first-order valence-electron chi connectivity index (χ1n) is 5.89. The van der Waals surface area contributed by atoms with Crippen molar-refractivity contribution in [2.45, 2.75) is 39.1 Å². The third kappa shape index (κ3) is 93.8. The molecular weight excluding hydrogens is 282 g/mol. The van der Waals surface area contributed by atoms with E-state index < -0.39 is 0 Å². The van der Waals surface area contributed by atoms with Crippen molar-refractivity contribution < 1.29 is 28.6 Å². The van der Waals surface area contributed by atoms with Gasteiger partial charge in [0, 0.05) is 0 Å². The van der Waals surface area contributed by atoms with Crippen LogP contribution in [0, 0.1) is 16.2 Å². The van der Waals surface area contributed by atoms with Crippen LogP contribution in [0.25, 0.3) is 0 Å². The van der Waals surface area contributed by atoms with Crippen molar-refractivity contribution in [3.05, 3.63) is 0 Å². The summed E-state index contributed by atoms with van der Waals surface area (Å²) in [6.07, 6.45) is 4.00. The topological polar surface area (TPSA) is 160 Å². The Morgan fingerprint density at radius 3 is 0.714 bits per heavy atom. The third-order valence-electron chi connectivity index (χ3n) is 1.50. The first kappa shape index (κ1) is 24.1. The van der Waals surface area contributed by atoms with E-state index in [0.717, 1.165) is 38.1 Å². The smallest absolute Gasteiger partial charge is 0.231 e. The van der Waals surface area contributed by atoms with Gasteiger partial charge in [0.25, 0.3) is 0 Å². The van der Waals surface area contributed by atoms with Gasteiger partial charge >= 0.3 is 0 Å². The fourth-order valence-corrected chi connectivity index (χ4v) is 0.289. The molecule has 3 unspecified atom stereocenters. The van der Waals surface area contributed by atoms with Gasteiger partial charge in [-0.25, -0.2) is 30.6 Å². The van der Waals surface area contributed by atoms with Crippen LogP contribution in [0.3, 0.4) is 0 Å². The quantitative estimate of drug-likeness (QED) is 0.342. The Morgan fingerprint density at radius 1 is 0.667 bits per heavy atom. The van der Waals surface area contributed by atoms with Crippen molar-refractivity contribution in [1.29, 1.82) is 16.2 Å². The highest BCUT2D eigenvalue weighted by molar-refractivity contribution is 5.26. The molecule has 0 aromatic carbocycles. The van der Waals surface area contributed by atoms with E-state index in [-0.39, 0.29) is 0 Å². The highest BCUT2D eigenvalue weighted by Crippen LogP contribution is 2.04. The Balaban J connectivity index is -0.000000187. The summed E-state index contributed by atoms with van der Waals surface area (Å²) < 4.78 is 14.1. The molecule has 9 heteroatoms. The summed E-state index contributed by atoms with van der Waals surface area (Å²) in [6, 6.07) is 0. The first-order valence-corrected chi connectivity index (χ1v) is 5.89. The van der Waals surface area contributed by atoms with Crippen LogP contribution in [0.2, 0.25) is 0 Å². The molecule has 0 amide bonds. The number of ether oxygens (including phenoxy) is 3. The molecule has 21 heavy (non-hydrogen) atoms. The molecule has 3 aliphatic heterocycles. The summed E-state index contributed by atoms with van der Waals surface area (Å²) in [5, 5.41) is 16.2. The second kappa shape index (κ2) is 20.3. The number of hydrogen-bond acceptors (Lipinski definition) is 9. The summed E-state index contributed by atoms with van der Waals surface area (Å²) in [4.78, 5) is 25.0. The summed E-state index contributed by atoms with van der Waals surface area (Å²) in [7, 11) is 0. The van der Waals surface area contributed by atoms with Crippen molar-refractivity contribution >= 4 is 18.2 Å². The van der Waals surface area contributed by atoms with E-state index in [1.807, 2.05) is 0 Å². The van der Waals surface area contributed by atoms with Gasteiger partial charge in [-0.2, -0.15) is 0 Å². The lowest BCUT2D eigenvalue weighted by Gasteiger charge is -1.51. The van der Waals surface area contributed by atoms with E-state index in [9.17, 15) is 0 Å². The molecule has 3 rings (SSSR count). The van der Waals surface area contributed by atoms with Gasteiger partial charge in [-0.3, -0.25) is 0 Å². The van der Waals surface area contributed by atoms with Gasteiger partial charge < -0.3 is 14.2 Å². The zero-order valence-electron chi connectivity index (χ0n) is 12.3. The third-order valence-corrected chi connectivity index (χ3v) is 1.50. The molecule has 0 aromatic rings. The normalized spacial score (nSPS) is 23.9. The van der Waals surface area contributed by atoms with Crippen LogP contribution >= 0.6 is 0 Å². The predicted octanol–water partition coefficient (Wildman–Crippen LogP) is 0.918. The Morgan fingerprint density at radius 2 is 0.714 bits per heavy atom. The van der Waals surface area contributed by atoms with Crippen molar-refractivity contribution in [3.63, 3.8) is 0 Å². The number of carbonyl (C=O) groups excluding carboxylic acids is 3. The van der Waals surface area contributed by atoms with Crippen LogP contribution in [0.1, 0.15) is 20.8 Å². The lowest BCUT2D eigenvalue weighted by atomic mass is 10.6. The highest BCUT2D eigenvalue weighted by atomic mass is 16.6. The molecule has 3 heterocycles. The summed E-state index contributed by atoms with van der Waals surface area (Å²) in [5.41, 5.74) is 0. The summed E-state index contributed by atoms with van der Waals surface area (Å²) in [5.74, 6) is 0. The molecule has 0 bridgehead atoms. The van der Waals surface area contributed by atoms with E-state index in [2.05, 4.69) is 20.8 Å². The van der Waals surface area contributed by atoms with Crippen LogP contribution in [0.5, 0.6) is 0 Å². The summed E-state index contributed by atoms with van der Waals surface area (Å²) in [6.45, 7) is 9.12. The molecule has 3 N–H and O–H groups in total. The number of hydrogen-bond donors (Lipinski definition) is 3. The summed E-state index contributed by atoms with van der Waals surface area (Å²) >= 11 is 0. The monoisotopic (exact) mass is 303 g/mol. The minimum atomic E-state index is 0.583. The molecule has 9 nitrogen and oxygen atoms in total. The van der Waals surface area contributed by atoms with Gasteiger partial charge in [-0.15, -0.1) is 0 Å². The van der Waals surface area contributed by atoms with Gasteiger partial charge in [-0.1, -0.05) is 0 Å². The van der Waals surface area contributed by atoms with Crippen LogP contribution < -0.4 is 0 Å². The molecule has 120 valence electrons. The SMILES string of the molecule is CC1CO1.CC1CO1.CC1CO1.N=C=O.N=C=O.N=C=O. The lowest BCUT2D eigenvalue weighted by Crippen LogP contribution is -1.60. The van der Waals surface area contributed by atoms with E-state index in [0.29, 0.717) is 18.3 Å². The van der Waals surface area contributed by atoms with E-state index in [4.69, 9.17) is 44.8 Å². The first-order chi connectivity index (χ1) is 9.92. The maximum absolute atomic E-state index is 8.35. The van der Waals surface area contributed by atoms with E-state index in [1.165, 1.54) is 0 Å². The van der Waals surface area contributed by atoms with Crippen LogP contribution in [-0.4, -0.2) is 56.4 Å². The maximum Gasteiger partial charge on any atom is 0.231 e. The Kier molecular flexibility index (Phi) is 23.3. The van der Waals surface area contributed by atoms with Crippen LogP contribution in [0.15, 0.2) is 0 Å². The molecule has 3 saturated heterocycles. The molecule has 3 aliphatic rings. The molecule has 3 fully saturated rings. The molecule has 0 aliphatic carbocycles. The largest absolute Gasteiger partial charge is 0.373 e. The number of nitrogens with one attached hydrogen (secondary N) is 3. The molecular formula is C12H21N3O6. The van der Waals surface area contributed by atoms with Crippen molar-refractivity contribution in [3.8, 4) is 0 Å². The van der Waals surface area contributed by atoms with E-state index >= 15 is 0 Å². The van der Waals surface area contributed by atoms with Gasteiger partial charge in [-0.05, 0) is 20.8 Å². The van der Waals surface area contributed by atoms with E-state index in [1.54, 1.807) is 0 Å². The molecule has 3 atom stereocenters.